The molecular formula is C12H21N5O. The van der Waals surface area contributed by atoms with Crippen molar-refractivity contribution < 1.29 is 4.74 Å². The Morgan fingerprint density at radius 1 is 1.28 bits per heavy atom. The highest BCUT2D eigenvalue weighted by Gasteiger charge is 2.14. The topological polar surface area (TPSA) is 53.5 Å². The van der Waals surface area contributed by atoms with Crippen LogP contribution >= 0.6 is 0 Å². The van der Waals surface area contributed by atoms with Crippen molar-refractivity contribution in [2.75, 3.05) is 38.7 Å². The molecule has 0 unspecified atom stereocenters. The molecule has 1 aliphatic heterocycles. The summed E-state index contributed by atoms with van der Waals surface area (Å²) in [5.41, 5.74) is 3.22. The number of ether oxygens (including phenoxy) is 1. The zero-order valence-corrected chi connectivity index (χ0v) is 11.3. The monoisotopic (exact) mass is 251 g/mol. The van der Waals surface area contributed by atoms with Crippen molar-refractivity contribution >= 4 is 5.95 Å². The van der Waals surface area contributed by atoms with Gasteiger partial charge in [-0.05, 0) is 20.9 Å². The lowest BCUT2D eigenvalue weighted by molar-refractivity contribution is 0.177. The van der Waals surface area contributed by atoms with Gasteiger partial charge in [0.1, 0.15) is 0 Å². The zero-order valence-electron chi connectivity index (χ0n) is 11.3. The summed E-state index contributed by atoms with van der Waals surface area (Å²) in [6, 6.07) is 1.77. The zero-order chi connectivity index (χ0) is 13.0. The number of nitrogens with zero attached hydrogens (tertiary/aromatic N) is 4. The molecule has 1 aliphatic rings. The second kappa shape index (κ2) is 5.97. The maximum Gasteiger partial charge on any atom is 0.240 e. The minimum absolute atomic E-state index is 0.122. The Morgan fingerprint density at radius 3 is 2.67 bits per heavy atom. The van der Waals surface area contributed by atoms with Gasteiger partial charge in [0.15, 0.2) is 0 Å². The molecule has 0 aliphatic carbocycles. The third-order valence-electron chi connectivity index (χ3n) is 2.75. The van der Waals surface area contributed by atoms with E-state index in [-0.39, 0.29) is 6.10 Å². The van der Waals surface area contributed by atoms with Crippen LogP contribution in [0.4, 0.5) is 5.95 Å². The molecule has 0 spiro atoms. The molecule has 1 aromatic heterocycles. The third-order valence-corrected chi connectivity index (χ3v) is 2.75. The quantitative estimate of drug-likeness (QED) is 0.856. The lowest BCUT2D eigenvalue weighted by Gasteiger charge is -2.32. The van der Waals surface area contributed by atoms with Gasteiger partial charge < -0.3 is 9.64 Å². The van der Waals surface area contributed by atoms with Crippen molar-refractivity contribution in [3.05, 3.63) is 12.3 Å². The fourth-order valence-electron chi connectivity index (χ4n) is 1.76. The number of likely N-dealkylation sites (N-methyl/N-ethyl adjacent to an activating group) is 1. The van der Waals surface area contributed by atoms with Gasteiger partial charge in [0.05, 0.1) is 6.10 Å². The van der Waals surface area contributed by atoms with Gasteiger partial charge in [-0.25, -0.2) is 9.99 Å². The van der Waals surface area contributed by atoms with Crippen LogP contribution in [0.5, 0.6) is 5.88 Å². The molecular weight excluding hydrogens is 230 g/mol. The highest BCUT2D eigenvalue weighted by Crippen LogP contribution is 2.11. The smallest absolute Gasteiger partial charge is 0.240 e. The van der Waals surface area contributed by atoms with Crippen LogP contribution in [0.3, 0.4) is 0 Å². The van der Waals surface area contributed by atoms with E-state index in [9.17, 15) is 0 Å². The second-order valence-corrected chi connectivity index (χ2v) is 4.79. The fraction of sp³-hybridized carbons (Fsp3) is 0.667. The van der Waals surface area contributed by atoms with Crippen molar-refractivity contribution in [1.29, 1.82) is 0 Å². The van der Waals surface area contributed by atoms with Gasteiger partial charge in [-0.3, -0.25) is 5.43 Å². The summed E-state index contributed by atoms with van der Waals surface area (Å²) in [4.78, 5) is 10.8. The molecule has 0 bridgehead atoms. The molecule has 2 rings (SSSR count). The van der Waals surface area contributed by atoms with Crippen molar-refractivity contribution in [2.24, 2.45) is 0 Å². The van der Waals surface area contributed by atoms with E-state index in [4.69, 9.17) is 4.74 Å². The number of hydrogen-bond donors (Lipinski definition) is 1. The summed E-state index contributed by atoms with van der Waals surface area (Å²) in [5, 5.41) is 2.13. The molecule has 1 N–H and O–H groups in total. The molecule has 2 heterocycles. The number of piperazine rings is 1. The summed E-state index contributed by atoms with van der Waals surface area (Å²) in [6.45, 7) is 8.00. The predicted molar refractivity (Wildman–Crippen MR) is 70.5 cm³/mol. The molecule has 18 heavy (non-hydrogen) atoms. The van der Waals surface area contributed by atoms with E-state index >= 15 is 0 Å². The lowest BCUT2D eigenvalue weighted by atomic mass is 10.4. The first-order valence-electron chi connectivity index (χ1n) is 6.33. The Balaban J connectivity index is 1.92. The van der Waals surface area contributed by atoms with Gasteiger partial charge in [0.2, 0.25) is 11.8 Å². The van der Waals surface area contributed by atoms with Crippen LogP contribution in [0.2, 0.25) is 0 Å². The molecule has 0 aromatic carbocycles. The van der Waals surface area contributed by atoms with Crippen LogP contribution in [0.1, 0.15) is 13.8 Å². The summed E-state index contributed by atoms with van der Waals surface area (Å²) in [5.74, 6) is 1.20. The average molecular weight is 251 g/mol. The second-order valence-electron chi connectivity index (χ2n) is 4.79. The molecule has 6 nitrogen and oxygen atoms in total. The van der Waals surface area contributed by atoms with E-state index in [2.05, 4.69) is 32.4 Å². The Kier molecular flexibility index (Phi) is 4.33. The normalized spacial score (nSPS) is 18.0. The van der Waals surface area contributed by atoms with Crippen LogP contribution in [-0.2, 0) is 0 Å². The maximum atomic E-state index is 5.54. The van der Waals surface area contributed by atoms with Crippen molar-refractivity contribution in [1.82, 2.24) is 19.9 Å². The summed E-state index contributed by atoms with van der Waals surface area (Å²) >= 11 is 0. The van der Waals surface area contributed by atoms with E-state index in [1.165, 1.54) is 0 Å². The van der Waals surface area contributed by atoms with Crippen molar-refractivity contribution in [2.45, 2.75) is 20.0 Å². The Bertz CT molecular complexity index is 376. The average Bonchev–Trinajstić information content (AvgIpc) is 2.32. The van der Waals surface area contributed by atoms with E-state index in [1.807, 2.05) is 13.8 Å². The van der Waals surface area contributed by atoms with E-state index in [0.717, 1.165) is 26.2 Å². The SMILES string of the molecule is CC(C)Oc1ccnc(NN2CCN(C)CC2)n1. The van der Waals surface area contributed by atoms with Gasteiger partial charge in [-0.2, -0.15) is 4.98 Å². The van der Waals surface area contributed by atoms with Crippen molar-refractivity contribution in [3.63, 3.8) is 0 Å². The molecule has 1 fully saturated rings. The summed E-state index contributed by atoms with van der Waals surface area (Å²) in [6.07, 6.45) is 1.83. The first-order chi connectivity index (χ1) is 8.63. The molecule has 0 saturated carbocycles. The van der Waals surface area contributed by atoms with Gasteiger partial charge in [-0.1, -0.05) is 0 Å². The first-order valence-corrected chi connectivity index (χ1v) is 6.33. The lowest BCUT2D eigenvalue weighted by Crippen LogP contribution is -2.47. The number of aromatic nitrogens is 2. The Hall–Kier alpha value is -1.40. The van der Waals surface area contributed by atoms with Gasteiger partial charge in [0.25, 0.3) is 0 Å². The molecule has 1 saturated heterocycles. The van der Waals surface area contributed by atoms with E-state index in [1.54, 1.807) is 12.3 Å². The minimum Gasteiger partial charge on any atom is -0.475 e. The van der Waals surface area contributed by atoms with Crippen molar-refractivity contribution in [3.8, 4) is 5.88 Å². The number of rotatable bonds is 4. The van der Waals surface area contributed by atoms with Crippen LogP contribution in [0.25, 0.3) is 0 Å². The summed E-state index contributed by atoms with van der Waals surface area (Å²) in [7, 11) is 2.13. The van der Waals surface area contributed by atoms with E-state index < -0.39 is 0 Å². The van der Waals surface area contributed by atoms with Crippen LogP contribution in [-0.4, -0.2) is 59.2 Å². The van der Waals surface area contributed by atoms with Gasteiger partial charge in [-0.15, -0.1) is 0 Å². The highest BCUT2D eigenvalue weighted by atomic mass is 16.5. The molecule has 0 amide bonds. The Labute approximate surface area is 108 Å². The minimum atomic E-state index is 0.122. The predicted octanol–water partition coefficient (Wildman–Crippen LogP) is 0.838. The largest absolute Gasteiger partial charge is 0.475 e. The highest BCUT2D eigenvalue weighted by molar-refractivity contribution is 5.26. The fourth-order valence-corrected chi connectivity index (χ4v) is 1.76. The first kappa shape index (κ1) is 13.0. The molecule has 6 heteroatoms. The number of anilines is 1. The van der Waals surface area contributed by atoms with Gasteiger partial charge in [0, 0.05) is 38.4 Å². The Morgan fingerprint density at radius 2 is 2.00 bits per heavy atom. The molecule has 0 radical (unpaired) electrons. The van der Waals surface area contributed by atoms with Gasteiger partial charge >= 0.3 is 0 Å². The maximum absolute atomic E-state index is 5.54. The van der Waals surface area contributed by atoms with Crippen LogP contribution in [0.15, 0.2) is 12.3 Å². The standard InChI is InChI=1S/C12H21N5O/c1-10(2)18-11-4-5-13-12(14-11)15-17-8-6-16(3)7-9-17/h4-5,10H,6-9H2,1-3H3,(H,13,14,15). The number of hydrazine groups is 1. The molecule has 100 valence electrons. The summed E-state index contributed by atoms with van der Waals surface area (Å²) < 4.78 is 5.54. The van der Waals surface area contributed by atoms with Crippen LogP contribution in [0, 0.1) is 0 Å². The van der Waals surface area contributed by atoms with E-state index in [0.29, 0.717) is 11.8 Å². The van der Waals surface area contributed by atoms with Crippen LogP contribution < -0.4 is 10.2 Å². The third kappa shape index (κ3) is 3.82. The number of nitrogens with one attached hydrogen (secondary N) is 1. The molecule has 1 aromatic rings. The number of hydrogen-bond acceptors (Lipinski definition) is 6. The molecule has 0 atom stereocenters.